The van der Waals surface area contributed by atoms with Gasteiger partial charge in [0.05, 0.1) is 18.8 Å². The maximum atomic E-state index is 12.7. The summed E-state index contributed by atoms with van der Waals surface area (Å²) in [6.45, 7) is 6.60. The van der Waals surface area contributed by atoms with Crippen molar-refractivity contribution in [1.82, 2.24) is 25.0 Å². The standard InChI is InChI=1S/C20H28N6O2/c1-13-9-25-10-16(8-17(25)12-28-13)22-18(27)11-26-20(14(2)21)23-19(24-26)15-6-4-3-5-7-15/h3-7,13-14,16-17H,8-12,21H2,1-2H3,(H,22,27)/t13-,14-,16+,17-/m0/s1. The Morgan fingerprint density at radius 2 is 2.14 bits per heavy atom. The van der Waals surface area contributed by atoms with E-state index in [1.54, 1.807) is 4.68 Å². The lowest BCUT2D eigenvalue weighted by Crippen LogP contribution is -2.45. The van der Waals surface area contributed by atoms with E-state index >= 15 is 0 Å². The highest BCUT2D eigenvalue weighted by atomic mass is 16.5. The quantitative estimate of drug-likeness (QED) is 0.796. The molecule has 4 atom stereocenters. The van der Waals surface area contributed by atoms with Gasteiger partial charge >= 0.3 is 0 Å². The molecule has 0 aliphatic carbocycles. The third-order valence-electron chi connectivity index (χ3n) is 5.39. The highest BCUT2D eigenvalue weighted by Crippen LogP contribution is 2.23. The molecule has 1 aromatic heterocycles. The van der Waals surface area contributed by atoms with Crippen molar-refractivity contribution in [2.75, 3.05) is 19.7 Å². The van der Waals surface area contributed by atoms with Crippen LogP contribution in [0.4, 0.5) is 0 Å². The fourth-order valence-corrected chi connectivity index (χ4v) is 4.07. The summed E-state index contributed by atoms with van der Waals surface area (Å²) < 4.78 is 7.36. The van der Waals surface area contributed by atoms with Crippen molar-refractivity contribution in [3.63, 3.8) is 0 Å². The molecule has 3 heterocycles. The molecule has 150 valence electrons. The van der Waals surface area contributed by atoms with E-state index in [9.17, 15) is 4.79 Å². The van der Waals surface area contributed by atoms with Gasteiger partial charge in [0.15, 0.2) is 5.82 Å². The number of nitrogens with two attached hydrogens (primary N) is 1. The van der Waals surface area contributed by atoms with E-state index in [1.807, 2.05) is 37.3 Å². The summed E-state index contributed by atoms with van der Waals surface area (Å²) in [5.41, 5.74) is 6.97. The Bertz CT molecular complexity index is 821. The van der Waals surface area contributed by atoms with Gasteiger partial charge in [0.25, 0.3) is 0 Å². The second-order valence-electron chi connectivity index (χ2n) is 7.86. The molecule has 0 saturated carbocycles. The number of hydrogen-bond donors (Lipinski definition) is 2. The van der Waals surface area contributed by atoms with Gasteiger partial charge in [-0.15, -0.1) is 0 Å². The Labute approximate surface area is 165 Å². The Kier molecular flexibility index (Phi) is 5.43. The number of benzene rings is 1. The van der Waals surface area contributed by atoms with Crippen LogP contribution in [0.3, 0.4) is 0 Å². The van der Waals surface area contributed by atoms with Gasteiger partial charge in [-0.25, -0.2) is 9.67 Å². The van der Waals surface area contributed by atoms with Gasteiger partial charge in [-0.3, -0.25) is 9.69 Å². The first-order valence-corrected chi connectivity index (χ1v) is 9.90. The maximum absolute atomic E-state index is 12.7. The van der Waals surface area contributed by atoms with Crippen LogP contribution in [0.2, 0.25) is 0 Å². The SMILES string of the molecule is C[C@H](N)c1nc(-c2ccccc2)nn1CC(=O)N[C@@H]1C[C@H]2CO[C@@H](C)CN2C1. The van der Waals surface area contributed by atoms with E-state index < -0.39 is 0 Å². The van der Waals surface area contributed by atoms with Crippen LogP contribution in [0.15, 0.2) is 30.3 Å². The molecule has 4 rings (SSSR count). The van der Waals surface area contributed by atoms with E-state index in [2.05, 4.69) is 27.2 Å². The molecule has 8 heteroatoms. The van der Waals surface area contributed by atoms with E-state index in [0.717, 1.165) is 31.7 Å². The molecule has 0 unspecified atom stereocenters. The minimum atomic E-state index is -0.308. The molecular weight excluding hydrogens is 356 g/mol. The summed E-state index contributed by atoms with van der Waals surface area (Å²) in [5.74, 6) is 1.13. The van der Waals surface area contributed by atoms with Crippen LogP contribution in [0.5, 0.6) is 0 Å². The number of aromatic nitrogens is 3. The Morgan fingerprint density at radius 1 is 1.36 bits per heavy atom. The number of nitrogens with one attached hydrogen (secondary N) is 1. The molecule has 3 N–H and O–H groups in total. The zero-order valence-electron chi connectivity index (χ0n) is 16.4. The average Bonchev–Trinajstić information content (AvgIpc) is 3.25. The zero-order valence-corrected chi connectivity index (χ0v) is 16.4. The van der Waals surface area contributed by atoms with E-state index in [1.165, 1.54) is 0 Å². The smallest absolute Gasteiger partial charge is 0.242 e. The van der Waals surface area contributed by atoms with Gasteiger partial charge in [0, 0.05) is 30.7 Å². The predicted octanol–water partition coefficient (Wildman–Crippen LogP) is 0.943. The monoisotopic (exact) mass is 384 g/mol. The average molecular weight is 384 g/mol. The van der Waals surface area contributed by atoms with Gasteiger partial charge in [0.1, 0.15) is 12.4 Å². The molecule has 8 nitrogen and oxygen atoms in total. The molecular formula is C20H28N6O2. The Balaban J connectivity index is 1.42. The van der Waals surface area contributed by atoms with Gasteiger partial charge < -0.3 is 15.8 Å². The fraction of sp³-hybridized carbons (Fsp3) is 0.550. The molecule has 2 fully saturated rings. The molecule has 0 spiro atoms. The van der Waals surface area contributed by atoms with Crippen molar-refractivity contribution in [3.8, 4) is 11.4 Å². The first kappa shape index (κ1) is 19.0. The highest BCUT2D eigenvalue weighted by molar-refractivity contribution is 5.76. The number of morpholine rings is 1. The summed E-state index contributed by atoms with van der Waals surface area (Å²) in [5, 5.41) is 7.68. The van der Waals surface area contributed by atoms with Crippen molar-refractivity contribution >= 4 is 5.91 Å². The lowest BCUT2D eigenvalue weighted by atomic mass is 10.1. The topological polar surface area (TPSA) is 98.3 Å². The van der Waals surface area contributed by atoms with Crippen LogP contribution in [0.25, 0.3) is 11.4 Å². The summed E-state index contributed by atoms with van der Waals surface area (Å²) in [4.78, 5) is 19.6. The molecule has 2 aliphatic heterocycles. The van der Waals surface area contributed by atoms with Crippen LogP contribution in [0, 0.1) is 0 Å². The number of carbonyl (C=O) groups excluding carboxylic acids is 1. The Hall–Kier alpha value is -2.29. The zero-order chi connectivity index (χ0) is 19.7. The molecule has 0 radical (unpaired) electrons. The maximum Gasteiger partial charge on any atom is 0.242 e. The lowest BCUT2D eigenvalue weighted by Gasteiger charge is -2.33. The summed E-state index contributed by atoms with van der Waals surface area (Å²) >= 11 is 0. The first-order valence-electron chi connectivity index (χ1n) is 9.90. The summed E-state index contributed by atoms with van der Waals surface area (Å²) in [7, 11) is 0. The molecule has 2 aliphatic rings. The number of hydrogen-bond acceptors (Lipinski definition) is 6. The minimum absolute atomic E-state index is 0.0646. The predicted molar refractivity (Wildman–Crippen MR) is 105 cm³/mol. The molecule has 2 aromatic rings. The minimum Gasteiger partial charge on any atom is -0.376 e. The van der Waals surface area contributed by atoms with Crippen molar-refractivity contribution in [2.45, 2.75) is 51.0 Å². The summed E-state index contributed by atoms with van der Waals surface area (Å²) in [6, 6.07) is 9.95. The number of carbonyl (C=O) groups is 1. The van der Waals surface area contributed by atoms with Crippen LogP contribution < -0.4 is 11.1 Å². The lowest BCUT2D eigenvalue weighted by molar-refractivity contribution is -0.122. The summed E-state index contributed by atoms with van der Waals surface area (Å²) in [6.07, 6.45) is 1.18. The second kappa shape index (κ2) is 7.98. The third kappa shape index (κ3) is 4.09. The molecule has 0 bridgehead atoms. The number of ether oxygens (including phenoxy) is 1. The number of amides is 1. The van der Waals surface area contributed by atoms with E-state index in [-0.39, 0.29) is 30.6 Å². The first-order chi connectivity index (χ1) is 13.5. The van der Waals surface area contributed by atoms with Crippen LogP contribution in [-0.2, 0) is 16.1 Å². The molecule has 28 heavy (non-hydrogen) atoms. The fourth-order valence-electron chi connectivity index (χ4n) is 4.07. The van der Waals surface area contributed by atoms with Crippen molar-refractivity contribution < 1.29 is 9.53 Å². The molecule has 1 aromatic carbocycles. The molecule has 1 amide bonds. The van der Waals surface area contributed by atoms with Crippen LogP contribution in [0.1, 0.15) is 32.1 Å². The van der Waals surface area contributed by atoms with Gasteiger partial charge in [-0.1, -0.05) is 30.3 Å². The number of fused-ring (bicyclic) bond motifs is 1. The third-order valence-corrected chi connectivity index (χ3v) is 5.39. The van der Waals surface area contributed by atoms with Gasteiger partial charge in [-0.2, -0.15) is 5.10 Å². The van der Waals surface area contributed by atoms with Gasteiger partial charge in [-0.05, 0) is 20.3 Å². The van der Waals surface area contributed by atoms with E-state index in [0.29, 0.717) is 17.7 Å². The Morgan fingerprint density at radius 3 is 2.89 bits per heavy atom. The molecule has 2 saturated heterocycles. The van der Waals surface area contributed by atoms with E-state index in [4.69, 9.17) is 10.5 Å². The van der Waals surface area contributed by atoms with Crippen molar-refractivity contribution in [3.05, 3.63) is 36.2 Å². The number of nitrogens with zero attached hydrogens (tertiary/aromatic N) is 4. The normalized spacial score (nSPS) is 26.0. The largest absolute Gasteiger partial charge is 0.376 e. The highest BCUT2D eigenvalue weighted by Gasteiger charge is 2.36. The second-order valence-corrected chi connectivity index (χ2v) is 7.86. The van der Waals surface area contributed by atoms with Crippen molar-refractivity contribution in [2.24, 2.45) is 5.73 Å². The van der Waals surface area contributed by atoms with Crippen LogP contribution in [-0.4, -0.2) is 63.5 Å². The van der Waals surface area contributed by atoms with Crippen LogP contribution >= 0.6 is 0 Å². The van der Waals surface area contributed by atoms with Crippen molar-refractivity contribution in [1.29, 1.82) is 0 Å². The number of rotatable bonds is 5. The van der Waals surface area contributed by atoms with Gasteiger partial charge in [0.2, 0.25) is 5.91 Å².